The first-order valence-corrected chi connectivity index (χ1v) is 8.10. The van der Waals surface area contributed by atoms with Crippen LogP contribution < -0.4 is 11.1 Å². The molecule has 1 saturated carbocycles. The van der Waals surface area contributed by atoms with E-state index in [0.29, 0.717) is 22.9 Å². The van der Waals surface area contributed by atoms with Gasteiger partial charge in [0.25, 0.3) is 5.91 Å². The van der Waals surface area contributed by atoms with Gasteiger partial charge in [-0.2, -0.15) is 0 Å². The van der Waals surface area contributed by atoms with Gasteiger partial charge in [0.2, 0.25) is 0 Å². The molecule has 110 valence electrons. The standard InChI is InChI=1S/C15H22N2O2S/c1-10(18)12-7-14(20-9-12)15(19)17-13(8-16)11-5-3-2-4-6-11/h7,9,11,13H,2-6,8,16H2,1H3,(H,17,19). The topological polar surface area (TPSA) is 72.2 Å². The molecule has 1 fully saturated rings. The predicted octanol–water partition coefficient (Wildman–Crippen LogP) is 2.59. The maximum Gasteiger partial charge on any atom is 0.261 e. The van der Waals surface area contributed by atoms with E-state index >= 15 is 0 Å². The van der Waals surface area contributed by atoms with E-state index in [9.17, 15) is 9.59 Å². The molecule has 0 radical (unpaired) electrons. The fraction of sp³-hybridized carbons (Fsp3) is 0.600. The number of rotatable bonds is 5. The lowest BCUT2D eigenvalue weighted by Crippen LogP contribution is -2.45. The molecule has 4 nitrogen and oxygen atoms in total. The van der Waals surface area contributed by atoms with E-state index in [1.54, 1.807) is 11.4 Å². The van der Waals surface area contributed by atoms with E-state index in [2.05, 4.69) is 5.32 Å². The van der Waals surface area contributed by atoms with E-state index in [-0.39, 0.29) is 17.7 Å². The first kappa shape index (κ1) is 15.2. The van der Waals surface area contributed by atoms with Gasteiger partial charge in [0, 0.05) is 23.5 Å². The maximum absolute atomic E-state index is 12.2. The minimum atomic E-state index is -0.108. The lowest BCUT2D eigenvalue weighted by molar-refractivity contribution is 0.0919. The lowest BCUT2D eigenvalue weighted by Gasteiger charge is -2.29. The van der Waals surface area contributed by atoms with Crippen molar-refractivity contribution in [3.63, 3.8) is 0 Å². The number of hydrogen-bond donors (Lipinski definition) is 2. The Morgan fingerprint density at radius 1 is 1.40 bits per heavy atom. The highest BCUT2D eigenvalue weighted by atomic mass is 32.1. The largest absolute Gasteiger partial charge is 0.347 e. The molecule has 1 unspecified atom stereocenters. The summed E-state index contributed by atoms with van der Waals surface area (Å²) in [6, 6.07) is 1.71. The van der Waals surface area contributed by atoms with E-state index < -0.39 is 0 Å². The Kier molecular flexibility index (Phi) is 5.31. The van der Waals surface area contributed by atoms with E-state index in [0.717, 1.165) is 12.8 Å². The number of carbonyl (C=O) groups excluding carboxylic acids is 2. The van der Waals surface area contributed by atoms with E-state index in [4.69, 9.17) is 5.73 Å². The number of Topliss-reactive ketones (excluding diaryl/α,β-unsaturated/α-hetero) is 1. The van der Waals surface area contributed by atoms with Crippen molar-refractivity contribution in [2.75, 3.05) is 6.54 Å². The molecule has 1 aromatic heterocycles. The molecule has 1 aliphatic carbocycles. The van der Waals surface area contributed by atoms with Gasteiger partial charge in [-0.3, -0.25) is 9.59 Å². The summed E-state index contributed by atoms with van der Waals surface area (Å²) in [6.45, 7) is 1.98. The van der Waals surface area contributed by atoms with Gasteiger partial charge in [-0.05, 0) is 31.7 Å². The second-order valence-electron chi connectivity index (χ2n) is 5.47. The van der Waals surface area contributed by atoms with Gasteiger partial charge in [0.05, 0.1) is 4.88 Å². The average Bonchev–Trinajstić information content (AvgIpc) is 2.95. The summed E-state index contributed by atoms with van der Waals surface area (Å²) in [5, 5.41) is 4.77. The number of ketones is 1. The highest BCUT2D eigenvalue weighted by molar-refractivity contribution is 7.12. The number of amides is 1. The summed E-state index contributed by atoms with van der Waals surface area (Å²) in [6.07, 6.45) is 6.03. The SMILES string of the molecule is CC(=O)c1csc(C(=O)NC(CN)C2CCCCC2)c1. The van der Waals surface area contributed by atoms with Gasteiger partial charge in [0.1, 0.15) is 0 Å². The monoisotopic (exact) mass is 294 g/mol. The molecule has 5 heteroatoms. The lowest BCUT2D eigenvalue weighted by atomic mass is 9.84. The van der Waals surface area contributed by atoms with Crippen molar-refractivity contribution in [3.8, 4) is 0 Å². The van der Waals surface area contributed by atoms with E-state index in [1.165, 1.54) is 37.5 Å². The fourth-order valence-corrected chi connectivity index (χ4v) is 3.63. The Labute approximate surface area is 123 Å². The zero-order valence-electron chi connectivity index (χ0n) is 11.9. The zero-order valence-corrected chi connectivity index (χ0v) is 12.7. The number of carbonyl (C=O) groups is 2. The first-order chi connectivity index (χ1) is 9.61. The summed E-state index contributed by atoms with van der Waals surface area (Å²) in [7, 11) is 0. The average molecular weight is 294 g/mol. The van der Waals surface area contributed by atoms with Crippen LogP contribution in [0.4, 0.5) is 0 Å². The fourth-order valence-electron chi connectivity index (χ4n) is 2.79. The predicted molar refractivity (Wildman–Crippen MR) is 81.2 cm³/mol. The molecule has 20 heavy (non-hydrogen) atoms. The van der Waals surface area contributed by atoms with Crippen molar-refractivity contribution < 1.29 is 9.59 Å². The Bertz CT molecular complexity index is 478. The van der Waals surface area contributed by atoms with Crippen LogP contribution in [-0.2, 0) is 0 Å². The van der Waals surface area contributed by atoms with Crippen LogP contribution in [0, 0.1) is 5.92 Å². The van der Waals surface area contributed by atoms with Gasteiger partial charge in [-0.15, -0.1) is 11.3 Å². The molecule has 1 aromatic rings. The Balaban J connectivity index is 1.98. The molecule has 0 bridgehead atoms. The third kappa shape index (κ3) is 3.67. The van der Waals surface area contributed by atoms with Crippen molar-refractivity contribution in [1.82, 2.24) is 5.32 Å². The highest BCUT2D eigenvalue weighted by Gasteiger charge is 2.24. The van der Waals surface area contributed by atoms with Gasteiger partial charge < -0.3 is 11.1 Å². The third-order valence-electron chi connectivity index (χ3n) is 4.02. The van der Waals surface area contributed by atoms with Crippen LogP contribution in [0.15, 0.2) is 11.4 Å². The molecule has 0 spiro atoms. The molecule has 0 saturated heterocycles. The van der Waals surface area contributed by atoms with Crippen molar-refractivity contribution in [3.05, 3.63) is 21.9 Å². The maximum atomic E-state index is 12.2. The van der Waals surface area contributed by atoms with Crippen LogP contribution in [0.25, 0.3) is 0 Å². The van der Waals surface area contributed by atoms with Crippen LogP contribution in [-0.4, -0.2) is 24.3 Å². The molecule has 1 atom stereocenters. The minimum Gasteiger partial charge on any atom is -0.347 e. The van der Waals surface area contributed by atoms with E-state index in [1.807, 2.05) is 0 Å². The summed E-state index contributed by atoms with van der Waals surface area (Å²) in [5.74, 6) is 0.372. The quantitative estimate of drug-likeness (QED) is 0.820. The highest BCUT2D eigenvalue weighted by Crippen LogP contribution is 2.26. The molecule has 1 amide bonds. The van der Waals surface area contributed by atoms with Crippen molar-refractivity contribution >= 4 is 23.0 Å². The molecule has 0 aromatic carbocycles. The van der Waals surface area contributed by atoms with Crippen LogP contribution in [0.2, 0.25) is 0 Å². The Morgan fingerprint density at radius 2 is 2.10 bits per heavy atom. The van der Waals surface area contributed by atoms with Crippen LogP contribution >= 0.6 is 11.3 Å². The second-order valence-corrected chi connectivity index (χ2v) is 6.38. The Morgan fingerprint density at radius 3 is 2.65 bits per heavy atom. The number of nitrogens with two attached hydrogens (primary N) is 1. The normalized spacial score (nSPS) is 17.7. The number of thiophene rings is 1. The molecule has 1 heterocycles. The van der Waals surface area contributed by atoms with Crippen molar-refractivity contribution in [2.45, 2.75) is 45.1 Å². The number of hydrogen-bond acceptors (Lipinski definition) is 4. The Hall–Kier alpha value is -1.20. The molecule has 0 aliphatic heterocycles. The second kappa shape index (κ2) is 6.99. The van der Waals surface area contributed by atoms with Crippen LogP contribution in [0.3, 0.4) is 0 Å². The first-order valence-electron chi connectivity index (χ1n) is 7.22. The van der Waals surface area contributed by atoms with Gasteiger partial charge in [0.15, 0.2) is 5.78 Å². The van der Waals surface area contributed by atoms with Crippen molar-refractivity contribution in [1.29, 1.82) is 0 Å². The molecule has 2 rings (SSSR count). The van der Waals surface area contributed by atoms with Gasteiger partial charge in [-0.1, -0.05) is 19.3 Å². The smallest absolute Gasteiger partial charge is 0.261 e. The van der Waals surface area contributed by atoms with Gasteiger partial charge >= 0.3 is 0 Å². The third-order valence-corrected chi connectivity index (χ3v) is 4.95. The molecular weight excluding hydrogens is 272 g/mol. The minimum absolute atomic E-state index is 0.0112. The summed E-state index contributed by atoms with van der Waals surface area (Å²) in [5.41, 5.74) is 6.42. The summed E-state index contributed by atoms with van der Waals surface area (Å²) in [4.78, 5) is 24.1. The zero-order chi connectivity index (χ0) is 14.5. The molecular formula is C15H22N2O2S. The van der Waals surface area contributed by atoms with Crippen LogP contribution in [0.1, 0.15) is 59.1 Å². The van der Waals surface area contributed by atoms with Gasteiger partial charge in [-0.25, -0.2) is 0 Å². The van der Waals surface area contributed by atoms with Crippen molar-refractivity contribution in [2.24, 2.45) is 11.7 Å². The summed E-state index contributed by atoms with van der Waals surface area (Å²) < 4.78 is 0. The molecule has 1 aliphatic rings. The van der Waals surface area contributed by atoms with Crippen LogP contribution in [0.5, 0.6) is 0 Å². The molecule has 3 N–H and O–H groups in total. The number of nitrogens with one attached hydrogen (secondary N) is 1. The summed E-state index contributed by atoms with van der Waals surface area (Å²) >= 11 is 1.31.